The summed E-state index contributed by atoms with van der Waals surface area (Å²) in [7, 11) is 0. The van der Waals surface area contributed by atoms with Crippen molar-refractivity contribution >= 4 is 0 Å². The minimum atomic E-state index is 0.657. The first-order valence-electron chi connectivity index (χ1n) is 5.45. The molecular formula is C12H15N3. The van der Waals surface area contributed by atoms with Gasteiger partial charge in [-0.15, -0.1) is 0 Å². The maximum atomic E-state index is 8.76. The largest absolute Gasteiger partial charge is 0.299 e. The third kappa shape index (κ3) is 2.77. The van der Waals surface area contributed by atoms with Crippen molar-refractivity contribution in [3.8, 4) is 6.07 Å². The van der Waals surface area contributed by atoms with Gasteiger partial charge in [0, 0.05) is 18.9 Å². The van der Waals surface area contributed by atoms with Crippen LogP contribution in [-0.2, 0) is 6.54 Å². The zero-order valence-corrected chi connectivity index (χ0v) is 8.82. The Labute approximate surface area is 90.4 Å². The lowest BCUT2D eigenvalue weighted by Crippen LogP contribution is -2.29. The van der Waals surface area contributed by atoms with Crippen molar-refractivity contribution in [1.29, 1.82) is 5.26 Å². The number of aromatic nitrogens is 1. The highest BCUT2D eigenvalue weighted by Crippen LogP contribution is 2.12. The van der Waals surface area contributed by atoms with Gasteiger partial charge < -0.3 is 0 Å². The lowest BCUT2D eigenvalue weighted by Gasteiger charge is -2.26. The third-order valence-corrected chi connectivity index (χ3v) is 2.78. The quantitative estimate of drug-likeness (QED) is 0.734. The monoisotopic (exact) mass is 201 g/mol. The molecule has 0 atom stereocenters. The van der Waals surface area contributed by atoms with Gasteiger partial charge in [-0.05, 0) is 37.6 Å². The standard InChI is InChI=1S/C12H15N3/c13-7-11-6-12(9-14-8-11)10-15-4-2-1-3-5-15/h6,8-9H,1-5,10H2. The molecule has 0 spiro atoms. The maximum absolute atomic E-state index is 8.76. The number of hydrogen-bond acceptors (Lipinski definition) is 3. The van der Waals surface area contributed by atoms with E-state index in [9.17, 15) is 0 Å². The number of piperidine rings is 1. The van der Waals surface area contributed by atoms with Gasteiger partial charge in [-0.25, -0.2) is 0 Å². The smallest absolute Gasteiger partial charge is 0.101 e. The molecule has 0 unspecified atom stereocenters. The Hall–Kier alpha value is -1.40. The van der Waals surface area contributed by atoms with Crippen LogP contribution >= 0.6 is 0 Å². The molecule has 0 radical (unpaired) electrons. The highest BCUT2D eigenvalue weighted by atomic mass is 15.1. The summed E-state index contributed by atoms with van der Waals surface area (Å²) >= 11 is 0. The zero-order valence-electron chi connectivity index (χ0n) is 8.82. The van der Waals surface area contributed by atoms with E-state index in [2.05, 4.69) is 16.0 Å². The van der Waals surface area contributed by atoms with Crippen LogP contribution in [-0.4, -0.2) is 23.0 Å². The number of rotatable bonds is 2. The lowest BCUT2D eigenvalue weighted by molar-refractivity contribution is 0.220. The average Bonchev–Trinajstić information content (AvgIpc) is 2.31. The summed E-state index contributed by atoms with van der Waals surface area (Å²) in [6.07, 6.45) is 7.42. The van der Waals surface area contributed by atoms with Crippen LogP contribution in [0.3, 0.4) is 0 Å². The van der Waals surface area contributed by atoms with Gasteiger partial charge in [-0.2, -0.15) is 5.26 Å². The fraction of sp³-hybridized carbons (Fsp3) is 0.500. The highest BCUT2D eigenvalue weighted by Gasteiger charge is 2.10. The van der Waals surface area contributed by atoms with Gasteiger partial charge in [0.1, 0.15) is 6.07 Å². The molecule has 2 rings (SSSR count). The SMILES string of the molecule is N#Cc1cncc(CN2CCCCC2)c1. The van der Waals surface area contributed by atoms with E-state index in [0.29, 0.717) is 5.56 Å². The summed E-state index contributed by atoms with van der Waals surface area (Å²) in [5.41, 5.74) is 1.81. The Kier molecular flexibility index (Phi) is 3.31. The number of hydrogen-bond donors (Lipinski definition) is 0. The van der Waals surface area contributed by atoms with E-state index in [1.165, 1.54) is 32.4 Å². The number of nitriles is 1. The summed E-state index contributed by atoms with van der Waals surface area (Å²) in [5, 5.41) is 8.76. The second-order valence-corrected chi connectivity index (χ2v) is 4.03. The van der Waals surface area contributed by atoms with Gasteiger partial charge in [-0.3, -0.25) is 9.88 Å². The predicted octanol–water partition coefficient (Wildman–Crippen LogP) is 1.94. The van der Waals surface area contributed by atoms with Crippen molar-refractivity contribution in [1.82, 2.24) is 9.88 Å². The second-order valence-electron chi connectivity index (χ2n) is 4.03. The fourth-order valence-electron chi connectivity index (χ4n) is 2.01. The number of likely N-dealkylation sites (tertiary alicyclic amines) is 1. The molecule has 3 heteroatoms. The van der Waals surface area contributed by atoms with E-state index < -0.39 is 0 Å². The van der Waals surface area contributed by atoms with Gasteiger partial charge in [0.2, 0.25) is 0 Å². The Bertz CT molecular complexity index is 361. The van der Waals surface area contributed by atoms with Crippen LogP contribution in [0.2, 0.25) is 0 Å². The van der Waals surface area contributed by atoms with Crippen molar-refractivity contribution < 1.29 is 0 Å². The second kappa shape index (κ2) is 4.90. The lowest BCUT2D eigenvalue weighted by atomic mass is 10.1. The van der Waals surface area contributed by atoms with Crippen molar-refractivity contribution in [2.24, 2.45) is 0 Å². The molecule has 1 fully saturated rings. The maximum Gasteiger partial charge on any atom is 0.101 e. The van der Waals surface area contributed by atoms with Crippen LogP contribution in [0, 0.1) is 11.3 Å². The molecule has 0 aromatic carbocycles. The van der Waals surface area contributed by atoms with Crippen molar-refractivity contribution in [2.75, 3.05) is 13.1 Å². The van der Waals surface area contributed by atoms with E-state index in [1.807, 2.05) is 12.3 Å². The molecule has 1 aliphatic rings. The van der Waals surface area contributed by atoms with Crippen LogP contribution in [0.4, 0.5) is 0 Å². The van der Waals surface area contributed by atoms with E-state index in [1.54, 1.807) is 6.20 Å². The molecule has 0 bridgehead atoms. The number of pyridine rings is 1. The van der Waals surface area contributed by atoms with Crippen LogP contribution in [0.1, 0.15) is 30.4 Å². The van der Waals surface area contributed by atoms with Crippen LogP contribution < -0.4 is 0 Å². The van der Waals surface area contributed by atoms with E-state index in [-0.39, 0.29) is 0 Å². The van der Waals surface area contributed by atoms with Crippen LogP contribution in [0.25, 0.3) is 0 Å². The third-order valence-electron chi connectivity index (χ3n) is 2.78. The molecule has 1 aromatic heterocycles. The Balaban J connectivity index is 2.00. The molecular weight excluding hydrogens is 186 g/mol. The summed E-state index contributed by atoms with van der Waals surface area (Å²) in [5.74, 6) is 0. The average molecular weight is 201 g/mol. The normalized spacial score (nSPS) is 17.3. The first-order chi connectivity index (χ1) is 7.38. The van der Waals surface area contributed by atoms with E-state index in [4.69, 9.17) is 5.26 Å². The van der Waals surface area contributed by atoms with Gasteiger partial charge in [0.05, 0.1) is 5.56 Å². The highest BCUT2D eigenvalue weighted by molar-refractivity contribution is 5.28. The summed E-state index contributed by atoms with van der Waals surface area (Å²) < 4.78 is 0. The topological polar surface area (TPSA) is 39.9 Å². The van der Waals surface area contributed by atoms with Crippen molar-refractivity contribution in [3.05, 3.63) is 29.6 Å². The van der Waals surface area contributed by atoms with Gasteiger partial charge in [0.25, 0.3) is 0 Å². The molecule has 0 amide bonds. The van der Waals surface area contributed by atoms with Crippen LogP contribution in [0.5, 0.6) is 0 Å². The molecule has 0 N–H and O–H groups in total. The number of nitrogens with zero attached hydrogens (tertiary/aromatic N) is 3. The Morgan fingerprint density at radius 2 is 2.07 bits per heavy atom. The molecule has 1 saturated heterocycles. The molecule has 15 heavy (non-hydrogen) atoms. The molecule has 2 heterocycles. The fourth-order valence-corrected chi connectivity index (χ4v) is 2.01. The Morgan fingerprint density at radius 1 is 1.27 bits per heavy atom. The summed E-state index contributed by atoms with van der Waals surface area (Å²) in [4.78, 5) is 6.50. The van der Waals surface area contributed by atoms with Crippen LogP contribution in [0.15, 0.2) is 18.5 Å². The summed E-state index contributed by atoms with van der Waals surface area (Å²) in [6, 6.07) is 4.06. The summed E-state index contributed by atoms with van der Waals surface area (Å²) in [6.45, 7) is 3.29. The zero-order chi connectivity index (χ0) is 10.5. The minimum absolute atomic E-state index is 0.657. The molecule has 1 aliphatic heterocycles. The molecule has 3 nitrogen and oxygen atoms in total. The Morgan fingerprint density at radius 3 is 2.80 bits per heavy atom. The molecule has 1 aromatic rings. The van der Waals surface area contributed by atoms with E-state index in [0.717, 1.165) is 12.1 Å². The van der Waals surface area contributed by atoms with Gasteiger partial charge in [-0.1, -0.05) is 6.42 Å². The van der Waals surface area contributed by atoms with Crippen molar-refractivity contribution in [3.63, 3.8) is 0 Å². The molecule has 0 saturated carbocycles. The molecule has 78 valence electrons. The minimum Gasteiger partial charge on any atom is -0.299 e. The predicted molar refractivity (Wildman–Crippen MR) is 58.1 cm³/mol. The first kappa shape index (κ1) is 10.1. The van der Waals surface area contributed by atoms with Gasteiger partial charge in [0.15, 0.2) is 0 Å². The first-order valence-corrected chi connectivity index (χ1v) is 5.45. The van der Waals surface area contributed by atoms with E-state index >= 15 is 0 Å². The molecule has 0 aliphatic carbocycles. The van der Waals surface area contributed by atoms with Gasteiger partial charge >= 0.3 is 0 Å². The van der Waals surface area contributed by atoms with Crippen molar-refractivity contribution in [2.45, 2.75) is 25.8 Å².